The van der Waals surface area contributed by atoms with Gasteiger partial charge in [0.1, 0.15) is 12.1 Å². The zero-order valence-electron chi connectivity index (χ0n) is 15.9. The van der Waals surface area contributed by atoms with E-state index in [4.69, 9.17) is 0 Å². The van der Waals surface area contributed by atoms with Crippen LogP contribution in [0, 0.1) is 11.8 Å². The van der Waals surface area contributed by atoms with Gasteiger partial charge in [-0.15, -0.1) is 0 Å². The van der Waals surface area contributed by atoms with Gasteiger partial charge in [-0.3, -0.25) is 9.59 Å². The summed E-state index contributed by atoms with van der Waals surface area (Å²) >= 11 is 0. The first-order chi connectivity index (χ1) is 12.7. The molecule has 0 fully saturated rings. The Kier molecular flexibility index (Phi) is 6.20. The zero-order valence-corrected chi connectivity index (χ0v) is 15.9. The second-order valence-electron chi connectivity index (χ2n) is 7.05. The van der Waals surface area contributed by atoms with Gasteiger partial charge < -0.3 is 15.4 Å². The van der Waals surface area contributed by atoms with Crippen LogP contribution in [0.25, 0.3) is 10.9 Å². The topological polar surface area (TPSA) is 121 Å². The number of nitrogens with zero attached hydrogens (tertiary/aromatic N) is 1. The zero-order chi connectivity index (χ0) is 20.3. The Morgan fingerprint density at radius 1 is 1.19 bits per heavy atom. The summed E-state index contributed by atoms with van der Waals surface area (Å²) in [6.45, 7) is 6.94. The number of fused-ring (bicyclic) bond motifs is 1. The van der Waals surface area contributed by atoms with Crippen LogP contribution in [-0.4, -0.2) is 32.6 Å². The highest BCUT2D eigenvalue weighted by atomic mass is 16.4. The Morgan fingerprint density at radius 2 is 1.81 bits per heavy atom. The first-order valence-corrected chi connectivity index (χ1v) is 8.95. The third kappa shape index (κ3) is 4.10. The smallest absolute Gasteiger partial charge is 0.329 e. The molecule has 0 saturated carbocycles. The molecule has 1 aromatic carbocycles. The van der Waals surface area contributed by atoms with Crippen molar-refractivity contribution in [1.29, 1.82) is 0 Å². The molecule has 0 bridgehead atoms. The van der Waals surface area contributed by atoms with E-state index in [9.17, 15) is 24.3 Å². The quantitative estimate of drug-likeness (QED) is 0.677. The molecule has 3 N–H and O–H groups in total. The van der Waals surface area contributed by atoms with Crippen molar-refractivity contribution in [3.8, 4) is 0 Å². The molecule has 1 amide bonds. The molecule has 1 aromatic heterocycles. The summed E-state index contributed by atoms with van der Waals surface area (Å²) in [5, 5.41) is 12.2. The standard InChI is InChI=1S/C19H25N3O5/c1-5-11(4)14(18(25)26)21-16(23)15(10(2)3)22-17(24)12-8-6-7-9-13(12)20-19(22)27/h6-11,14-15H,5H2,1-4H3,(H,20,27)(H,21,23)(H,25,26)/t11-,14-,15-/m0/s1. The number of nitrogens with one attached hydrogen (secondary N) is 2. The molecule has 0 unspecified atom stereocenters. The molecular weight excluding hydrogens is 350 g/mol. The Balaban J connectivity index is 2.54. The van der Waals surface area contributed by atoms with Gasteiger partial charge in [0.05, 0.1) is 10.9 Å². The third-order valence-electron chi connectivity index (χ3n) is 4.79. The lowest BCUT2D eigenvalue weighted by Gasteiger charge is -2.26. The van der Waals surface area contributed by atoms with Crippen LogP contribution in [0.3, 0.4) is 0 Å². The minimum Gasteiger partial charge on any atom is -0.480 e. The van der Waals surface area contributed by atoms with E-state index in [1.54, 1.807) is 45.0 Å². The number of carboxylic acid groups (broad SMARTS) is 1. The van der Waals surface area contributed by atoms with Gasteiger partial charge in [0, 0.05) is 0 Å². The van der Waals surface area contributed by atoms with Gasteiger partial charge in [-0.25, -0.2) is 14.2 Å². The van der Waals surface area contributed by atoms with Crippen molar-refractivity contribution in [3.63, 3.8) is 0 Å². The first-order valence-electron chi connectivity index (χ1n) is 8.95. The average molecular weight is 375 g/mol. The molecule has 146 valence electrons. The average Bonchev–Trinajstić information content (AvgIpc) is 2.61. The van der Waals surface area contributed by atoms with E-state index in [-0.39, 0.29) is 11.3 Å². The number of carbonyl (C=O) groups excluding carboxylic acids is 1. The van der Waals surface area contributed by atoms with E-state index in [2.05, 4.69) is 10.3 Å². The van der Waals surface area contributed by atoms with Crippen molar-refractivity contribution in [2.24, 2.45) is 11.8 Å². The van der Waals surface area contributed by atoms with Crippen LogP contribution in [0.5, 0.6) is 0 Å². The monoisotopic (exact) mass is 375 g/mol. The van der Waals surface area contributed by atoms with Gasteiger partial charge in [0.2, 0.25) is 5.91 Å². The van der Waals surface area contributed by atoms with Crippen LogP contribution in [0.2, 0.25) is 0 Å². The maximum absolute atomic E-state index is 12.9. The predicted octanol–water partition coefficient (Wildman–Crippen LogP) is 1.50. The van der Waals surface area contributed by atoms with Gasteiger partial charge in [-0.1, -0.05) is 46.2 Å². The second kappa shape index (κ2) is 8.20. The molecule has 8 heteroatoms. The van der Waals surface area contributed by atoms with Crippen LogP contribution >= 0.6 is 0 Å². The fourth-order valence-corrected chi connectivity index (χ4v) is 3.07. The maximum atomic E-state index is 12.9. The molecule has 1 heterocycles. The number of aromatic amines is 1. The number of aliphatic carboxylic acids is 1. The number of hydrogen-bond acceptors (Lipinski definition) is 4. The van der Waals surface area contributed by atoms with E-state index < -0.39 is 41.1 Å². The van der Waals surface area contributed by atoms with Gasteiger partial charge in [0.25, 0.3) is 5.56 Å². The third-order valence-corrected chi connectivity index (χ3v) is 4.79. The number of carbonyl (C=O) groups is 2. The van der Waals surface area contributed by atoms with Crippen LogP contribution in [0.4, 0.5) is 0 Å². The van der Waals surface area contributed by atoms with Crippen LogP contribution < -0.4 is 16.6 Å². The van der Waals surface area contributed by atoms with Gasteiger partial charge >= 0.3 is 11.7 Å². The number of rotatable bonds is 7. The van der Waals surface area contributed by atoms with E-state index in [0.717, 1.165) is 4.57 Å². The highest BCUT2D eigenvalue weighted by molar-refractivity contribution is 5.86. The summed E-state index contributed by atoms with van der Waals surface area (Å²) in [6, 6.07) is 4.31. The number of aromatic nitrogens is 2. The van der Waals surface area contributed by atoms with Gasteiger partial charge in [-0.05, 0) is 24.0 Å². The minimum atomic E-state index is -1.15. The first kappa shape index (κ1) is 20.4. The molecule has 2 aromatic rings. The van der Waals surface area contributed by atoms with Crippen molar-refractivity contribution in [3.05, 3.63) is 45.1 Å². The number of carboxylic acids is 1. The number of H-pyrrole nitrogens is 1. The fraction of sp³-hybridized carbons (Fsp3) is 0.474. The van der Waals surface area contributed by atoms with E-state index in [0.29, 0.717) is 11.9 Å². The highest BCUT2D eigenvalue weighted by Crippen LogP contribution is 2.17. The van der Waals surface area contributed by atoms with Crippen molar-refractivity contribution < 1.29 is 14.7 Å². The summed E-state index contributed by atoms with van der Waals surface area (Å²) in [5.41, 5.74) is -0.906. The summed E-state index contributed by atoms with van der Waals surface area (Å²) in [5.74, 6) is -2.53. The second-order valence-corrected chi connectivity index (χ2v) is 7.05. The van der Waals surface area contributed by atoms with Crippen molar-refractivity contribution in [1.82, 2.24) is 14.9 Å². The molecule has 0 saturated heterocycles. The molecule has 0 aliphatic heterocycles. The molecule has 3 atom stereocenters. The van der Waals surface area contributed by atoms with Crippen LogP contribution in [0.15, 0.2) is 33.9 Å². The minimum absolute atomic E-state index is 0.285. The Morgan fingerprint density at radius 3 is 2.37 bits per heavy atom. The van der Waals surface area contributed by atoms with E-state index >= 15 is 0 Å². The Labute approximate surface area is 156 Å². The number of hydrogen-bond donors (Lipinski definition) is 3. The largest absolute Gasteiger partial charge is 0.480 e. The van der Waals surface area contributed by atoms with E-state index in [1.165, 1.54) is 0 Å². The predicted molar refractivity (Wildman–Crippen MR) is 102 cm³/mol. The van der Waals surface area contributed by atoms with Crippen molar-refractivity contribution in [2.75, 3.05) is 0 Å². The van der Waals surface area contributed by atoms with Crippen molar-refractivity contribution in [2.45, 2.75) is 46.2 Å². The van der Waals surface area contributed by atoms with E-state index in [1.807, 2.05) is 6.92 Å². The molecular formula is C19H25N3O5. The SMILES string of the molecule is CC[C@H](C)[C@H](NC(=O)[C@H](C(C)C)n1c(=O)[nH]c2ccccc2c1=O)C(=O)O. The number of para-hydroxylation sites is 1. The highest BCUT2D eigenvalue weighted by Gasteiger charge is 2.33. The Hall–Kier alpha value is -2.90. The summed E-state index contributed by atoms with van der Waals surface area (Å²) in [4.78, 5) is 52.4. The van der Waals surface area contributed by atoms with Gasteiger partial charge in [0.15, 0.2) is 0 Å². The number of benzene rings is 1. The normalized spacial score (nSPS) is 14.7. The molecule has 0 aliphatic rings. The lowest BCUT2D eigenvalue weighted by atomic mass is 9.97. The molecule has 0 aliphatic carbocycles. The van der Waals surface area contributed by atoms with Crippen LogP contribution in [-0.2, 0) is 9.59 Å². The fourth-order valence-electron chi connectivity index (χ4n) is 3.07. The Bertz CT molecular complexity index is 960. The lowest BCUT2D eigenvalue weighted by molar-refractivity contribution is -0.144. The molecule has 0 spiro atoms. The van der Waals surface area contributed by atoms with Crippen LogP contribution in [0.1, 0.15) is 40.2 Å². The summed E-state index contributed by atoms with van der Waals surface area (Å²) in [7, 11) is 0. The molecule has 27 heavy (non-hydrogen) atoms. The lowest BCUT2D eigenvalue weighted by Crippen LogP contribution is -2.52. The summed E-state index contributed by atoms with van der Waals surface area (Å²) < 4.78 is 0.873. The van der Waals surface area contributed by atoms with Crippen molar-refractivity contribution >= 4 is 22.8 Å². The molecule has 2 rings (SSSR count). The molecule has 8 nitrogen and oxygen atoms in total. The molecule has 0 radical (unpaired) electrons. The maximum Gasteiger partial charge on any atom is 0.329 e. The number of amides is 1. The summed E-state index contributed by atoms with van der Waals surface area (Å²) in [6.07, 6.45) is 0.556. The van der Waals surface area contributed by atoms with Gasteiger partial charge in [-0.2, -0.15) is 0 Å².